The van der Waals surface area contributed by atoms with Gasteiger partial charge in [0, 0.05) is 12.1 Å². The number of carbonyl (C=O) groups is 1. The Morgan fingerprint density at radius 1 is 1.53 bits per heavy atom. The zero-order chi connectivity index (χ0) is 14.4. The molecule has 110 valence electrons. The van der Waals surface area contributed by atoms with Gasteiger partial charge in [-0.05, 0) is 13.1 Å². The lowest BCUT2D eigenvalue weighted by Gasteiger charge is -2.39. The van der Waals surface area contributed by atoms with Gasteiger partial charge in [0.05, 0.1) is 25.5 Å². The second-order valence-corrected chi connectivity index (χ2v) is 4.36. The Hall–Kier alpha value is -1.03. The van der Waals surface area contributed by atoms with E-state index in [1.807, 2.05) is 0 Å². The largest absolute Gasteiger partial charge is 0.396 e. The van der Waals surface area contributed by atoms with E-state index >= 15 is 0 Å². The van der Waals surface area contributed by atoms with Gasteiger partial charge in [-0.3, -0.25) is 9.69 Å². The molecular weight excluding hydrogens is 254 g/mol. The van der Waals surface area contributed by atoms with Gasteiger partial charge < -0.3 is 31.1 Å². The van der Waals surface area contributed by atoms with Crippen LogP contribution in [0.5, 0.6) is 0 Å². The van der Waals surface area contributed by atoms with Crippen molar-refractivity contribution in [3.05, 3.63) is 12.3 Å². The first-order chi connectivity index (χ1) is 9.04. The summed E-state index contributed by atoms with van der Waals surface area (Å²) in [5.41, 5.74) is 5.58. The predicted molar refractivity (Wildman–Crippen MR) is 66.4 cm³/mol. The fraction of sp³-hybridized carbons (Fsp3) is 0.727. The third-order valence-corrected chi connectivity index (χ3v) is 3.06. The molecule has 1 saturated heterocycles. The lowest BCUT2D eigenvalue weighted by Crippen LogP contribution is -2.56. The van der Waals surface area contributed by atoms with Gasteiger partial charge >= 0.3 is 0 Å². The minimum Gasteiger partial charge on any atom is -0.396 e. The molecule has 1 heterocycles. The zero-order valence-electron chi connectivity index (χ0n) is 10.7. The van der Waals surface area contributed by atoms with Crippen LogP contribution in [0.1, 0.15) is 0 Å². The minimum absolute atomic E-state index is 0.0512. The monoisotopic (exact) mass is 275 g/mol. The Labute approximate surface area is 111 Å². The Balaban J connectivity index is 2.71. The molecule has 8 nitrogen and oxygen atoms in total. The molecule has 0 spiro atoms. The molecule has 6 N–H and O–H groups in total. The molecule has 8 heteroatoms. The molecule has 0 aliphatic carbocycles. The van der Waals surface area contributed by atoms with Gasteiger partial charge in [-0.1, -0.05) is 0 Å². The number of aliphatic hydroxyl groups is 3. The number of rotatable bonds is 6. The Morgan fingerprint density at radius 3 is 2.74 bits per heavy atom. The summed E-state index contributed by atoms with van der Waals surface area (Å²) in [7, 11) is 1.65. The maximum atomic E-state index is 11.0. The van der Waals surface area contributed by atoms with Crippen LogP contribution in [0.2, 0.25) is 0 Å². The molecule has 19 heavy (non-hydrogen) atoms. The van der Waals surface area contributed by atoms with E-state index in [0.717, 1.165) is 4.90 Å². The Kier molecular flexibility index (Phi) is 6.35. The predicted octanol–water partition coefficient (Wildman–Crippen LogP) is -2.85. The molecule has 1 aliphatic heterocycles. The van der Waals surface area contributed by atoms with E-state index in [2.05, 4.69) is 5.32 Å². The van der Waals surface area contributed by atoms with Crippen molar-refractivity contribution in [1.82, 2.24) is 10.2 Å². The molecule has 0 radical (unpaired) electrons. The van der Waals surface area contributed by atoms with Crippen molar-refractivity contribution in [2.24, 2.45) is 11.7 Å². The molecule has 1 aliphatic rings. The number of ether oxygens (including phenoxy) is 1. The van der Waals surface area contributed by atoms with Crippen LogP contribution >= 0.6 is 0 Å². The second-order valence-electron chi connectivity index (χ2n) is 4.36. The molecule has 3 unspecified atom stereocenters. The third kappa shape index (κ3) is 3.96. The van der Waals surface area contributed by atoms with Gasteiger partial charge in [-0.15, -0.1) is 0 Å². The summed E-state index contributed by atoms with van der Waals surface area (Å²) in [6.45, 7) is -0.248. The maximum absolute atomic E-state index is 11.0. The van der Waals surface area contributed by atoms with Crippen molar-refractivity contribution < 1.29 is 24.9 Å². The summed E-state index contributed by atoms with van der Waals surface area (Å²) in [5.74, 6) is -0.566. The standard InChI is InChI=1S/C11H21N3O5/c1-13-8(12)2-3-14(6-16)11-10(18)9(17)7(4-15)5-19-11/h2-3,6-11,13,15,17-18H,4-5,12H2,1H3/b3-2-/t7-,8?,9?,10?,11+/m0/s1. The van der Waals surface area contributed by atoms with Crippen LogP contribution in [-0.4, -0.2) is 71.5 Å². The summed E-state index contributed by atoms with van der Waals surface area (Å²) in [5, 5.41) is 31.4. The van der Waals surface area contributed by atoms with Gasteiger partial charge in [0.25, 0.3) is 0 Å². The van der Waals surface area contributed by atoms with Crippen LogP contribution in [0.4, 0.5) is 0 Å². The minimum atomic E-state index is -1.30. The number of likely N-dealkylation sites (N-methyl/N-ethyl adjacent to an activating group) is 1. The second kappa shape index (κ2) is 7.53. The lowest BCUT2D eigenvalue weighted by atomic mass is 9.95. The van der Waals surface area contributed by atoms with Crippen LogP contribution in [0, 0.1) is 5.92 Å². The fourth-order valence-electron chi connectivity index (χ4n) is 1.76. The molecule has 0 aromatic heterocycles. The molecular formula is C11H21N3O5. The SMILES string of the molecule is CNC(N)/C=C\N(C=O)[C@@H]1OC[C@H](CO)C(O)C1O. The average Bonchev–Trinajstić information content (AvgIpc) is 2.43. The lowest BCUT2D eigenvalue weighted by molar-refractivity contribution is -0.206. The zero-order valence-corrected chi connectivity index (χ0v) is 10.7. The van der Waals surface area contributed by atoms with Gasteiger partial charge in [-0.2, -0.15) is 0 Å². The van der Waals surface area contributed by atoms with Crippen LogP contribution in [-0.2, 0) is 9.53 Å². The average molecular weight is 275 g/mol. The topological polar surface area (TPSA) is 128 Å². The van der Waals surface area contributed by atoms with E-state index < -0.39 is 30.5 Å². The highest BCUT2D eigenvalue weighted by molar-refractivity contribution is 5.49. The quantitative estimate of drug-likeness (QED) is 0.261. The number of nitrogens with zero attached hydrogens (tertiary/aromatic N) is 1. The smallest absolute Gasteiger partial charge is 0.215 e. The third-order valence-electron chi connectivity index (χ3n) is 3.06. The van der Waals surface area contributed by atoms with Crippen LogP contribution in [0.15, 0.2) is 12.3 Å². The summed E-state index contributed by atoms with van der Waals surface area (Å²) >= 11 is 0. The number of nitrogens with one attached hydrogen (secondary N) is 1. The van der Waals surface area contributed by atoms with Gasteiger partial charge in [0.1, 0.15) is 6.10 Å². The van der Waals surface area contributed by atoms with Crippen molar-refractivity contribution in [3.8, 4) is 0 Å². The Bertz CT molecular complexity index is 315. The number of carbonyl (C=O) groups excluding carboxylic acids is 1. The molecule has 1 amide bonds. The number of hydrogen-bond donors (Lipinski definition) is 5. The molecule has 0 bridgehead atoms. The highest BCUT2D eigenvalue weighted by Gasteiger charge is 2.40. The van der Waals surface area contributed by atoms with Crippen LogP contribution in [0.25, 0.3) is 0 Å². The fourth-order valence-corrected chi connectivity index (χ4v) is 1.76. The van der Waals surface area contributed by atoms with Gasteiger partial charge in [-0.25, -0.2) is 0 Å². The number of aliphatic hydroxyl groups excluding tert-OH is 3. The van der Waals surface area contributed by atoms with Crippen LogP contribution in [0.3, 0.4) is 0 Å². The van der Waals surface area contributed by atoms with Crippen molar-refractivity contribution in [2.75, 3.05) is 20.3 Å². The first kappa shape index (κ1) is 16.0. The van der Waals surface area contributed by atoms with E-state index in [0.29, 0.717) is 6.41 Å². The van der Waals surface area contributed by atoms with E-state index in [1.54, 1.807) is 7.05 Å². The highest BCUT2D eigenvalue weighted by Crippen LogP contribution is 2.22. The van der Waals surface area contributed by atoms with E-state index in [9.17, 15) is 15.0 Å². The van der Waals surface area contributed by atoms with Crippen LogP contribution < -0.4 is 11.1 Å². The summed E-state index contributed by atoms with van der Waals surface area (Å²) in [6.07, 6.45) is -0.556. The van der Waals surface area contributed by atoms with Crippen molar-refractivity contribution in [1.29, 1.82) is 0 Å². The van der Waals surface area contributed by atoms with Gasteiger partial charge in [0.2, 0.25) is 6.41 Å². The van der Waals surface area contributed by atoms with E-state index in [1.165, 1.54) is 12.3 Å². The number of hydrogen-bond acceptors (Lipinski definition) is 7. The molecule has 0 saturated carbocycles. The first-order valence-electron chi connectivity index (χ1n) is 5.97. The first-order valence-corrected chi connectivity index (χ1v) is 5.97. The summed E-state index contributed by atoms with van der Waals surface area (Å²) in [4.78, 5) is 12.1. The maximum Gasteiger partial charge on any atom is 0.215 e. The summed E-state index contributed by atoms with van der Waals surface area (Å²) in [6, 6.07) is 0. The van der Waals surface area contributed by atoms with E-state index in [-0.39, 0.29) is 13.2 Å². The molecule has 1 fully saturated rings. The Morgan fingerprint density at radius 2 is 2.21 bits per heavy atom. The van der Waals surface area contributed by atoms with Gasteiger partial charge in [0.15, 0.2) is 6.23 Å². The molecule has 5 atom stereocenters. The number of nitrogens with two attached hydrogens (primary N) is 1. The molecule has 0 aromatic rings. The van der Waals surface area contributed by atoms with Crippen molar-refractivity contribution in [3.63, 3.8) is 0 Å². The van der Waals surface area contributed by atoms with Crippen molar-refractivity contribution in [2.45, 2.75) is 24.6 Å². The molecule has 1 rings (SSSR count). The van der Waals surface area contributed by atoms with Crippen molar-refractivity contribution >= 4 is 6.41 Å². The normalized spacial score (nSPS) is 33.3. The molecule has 0 aromatic carbocycles. The van der Waals surface area contributed by atoms with E-state index in [4.69, 9.17) is 15.6 Å². The summed E-state index contributed by atoms with van der Waals surface area (Å²) < 4.78 is 5.30. The highest BCUT2D eigenvalue weighted by atomic mass is 16.5. The number of amides is 1.